The smallest absolute Gasteiger partial charge is 0.242 e. The molecule has 25 heavy (non-hydrogen) atoms. The van der Waals surface area contributed by atoms with E-state index in [9.17, 15) is 4.79 Å². The van der Waals surface area contributed by atoms with E-state index in [1.54, 1.807) is 18.4 Å². The van der Waals surface area contributed by atoms with Crippen LogP contribution in [-0.2, 0) is 17.9 Å². The van der Waals surface area contributed by atoms with Crippen molar-refractivity contribution in [2.24, 2.45) is 4.99 Å². The molecular weight excluding hydrogens is 334 g/mol. The minimum atomic E-state index is 0.0411. The van der Waals surface area contributed by atoms with E-state index in [0.717, 1.165) is 10.6 Å². The molecule has 0 fully saturated rings. The van der Waals surface area contributed by atoms with Crippen molar-refractivity contribution in [1.29, 1.82) is 0 Å². The van der Waals surface area contributed by atoms with Crippen LogP contribution in [0.5, 0.6) is 0 Å². The van der Waals surface area contributed by atoms with Crippen molar-refractivity contribution < 1.29 is 4.79 Å². The molecule has 2 rings (SSSR count). The number of thiazole rings is 1. The van der Waals surface area contributed by atoms with Crippen molar-refractivity contribution in [3.8, 4) is 0 Å². The van der Waals surface area contributed by atoms with E-state index in [1.165, 1.54) is 4.88 Å². The molecule has 0 spiro atoms. The Morgan fingerprint density at radius 1 is 1.28 bits per heavy atom. The Balaban J connectivity index is 1.81. The zero-order valence-electron chi connectivity index (χ0n) is 15.0. The van der Waals surface area contributed by atoms with Gasteiger partial charge in [0.15, 0.2) is 5.96 Å². The summed E-state index contributed by atoms with van der Waals surface area (Å²) < 4.78 is 0. The first kappa shape index (κ1) is 18.9. The van der Waals surface area contributed by atoms with Gasteiger partial charge >= 0.3 is 0 Å². The van der Waals surface area contributed by atoms with Crippen LogP contribution in [-0.4, -0.2) is 41.9 Å². The van der Waals surface area contributed by atoms with E-state index in [2.05, 4.69) is 20.6 Å². The van der Waals surface area contributed by atoms with E-state index < -0.39 is 0 Å². The maximum Gasteiger partial charge on any atom is 0.242 e. The highest BCUT2D eigenvalue weighted by Crippen LogP contribution is 2.10. The zero-order chi connectivity index (χ0) is 18.1. The van der Waals surface area contributed by atoms with Crippen molar-refractivity contribution in [2.45, 2.75) is 26.9 Å². The number of carbonyl (C=O) groups is 1. The lowest BCUT2D eigenvalue weighted by molar-refractivity contribution is -0.130. The number of nitrogens with zero attached hydrogens (tertiary/aromatic N) is 3. The molecule has 0 radical (unpaired) electrons. The third-order valence-electron chi connectivity index (χ3n) is 3.66. The van der Waals surface area contributed by atoms with Crippen molar-refractivity contribution in [3.05, 3.63) is 52.0 Å². The molecule has 0 aliphatic heterocycles. The van der Waals surface area contributed by atoms with Gasteiger partial charge in [0.05, 0.1) is 13.1 Å². The highest BCUT2D eigenvalue weighted by Gasteiger charge is 2.12. The molecule has 0 bridgehead atoms. The standard InChI is InChI=1S/C18H25N5OS/c1-4-23(13-15-8-6-5-7-9-15)17(24)12-22-18(19-3)21-11-16-20-10-14(2)25-16/h5-10H,4,11-13H2,1-3H3,(H2,19,21,22). The molecule has 0 unspecified atom stereocenters. The molecule has 0 atom stereocenters. The van der Waals surface area contributed by atoms with Gasteiger partial charge in [0, 0.05) is 31.2 Å². The summed E-state index contributed by atoms with van der Waals surface area (Å²) in [5, 5.41) is 7.24. The normalized spacial score (nSPS) is 11.2. The third-order valence-corrected chi connectivity index (χ3v) is 4.57. The summed E-state index contributed by atoms with van der Waals surface area (Å²) in [6.07, 6.45) is 1.85. The lowest BCUT2D eigenvalue weighted by atomic mass is 10.2. The van der Waals surface area contributed by atoms with Crippen LogP contribution in [0.2, 0.25) is 0 Å². The number of amides is 1. The van der Waals surface area contributed by atoms with Crippen LogP contribution in [0.1, 0.15) is 22.4 Å². The first-order valence-corrected chi connectivity index (χ1v) is 9.11. The molecule has 134 valence electrons. The monoisotopic (exact) mass is 359 g/mol. The fraction of sp³-hybridized carbons (Fsp3) is 0.389. The van der Waals surface area contributed by atoms with Crippen molar-refractivity contribution >= 4 is 23.2 Å². The van der Waals surface area contributed by atoms with Gasteiger partial charge in [-0.05, 0) is 19.4 Å². The van der Waals surface area contributed by atoms with Gasteiger partial charge in [-0.3, -0.25) is 9.79 Å². The fourth-order valence-corrected chi connectivity index (χ4v) is 3.04. The largest absolute Gasteiger partial charge is 0.350 e. The van der Waals surface area contributed by atoms with Crippen molar-refractivity contribution in [2.75, 3.05) is 20.1 Å². The maximum atomic E-state index is 12.4. The Bertz CT molecular complexity index is 699. The second kappa shape index (κ2) is 9.78. The molecular formula is C18H25N5OS. The van der Waals surface area contributed by atoms with Gasteiger partial charge in [0.2, 0.25) is 5.91 Å². The predicted octanol–water partition coefficient (Wildman–Crippen LogP) is 2.17. The highest BCUT2D eigenvalue weighted by atomic mass is 32.1. The average Bonchev–Trinajstić information content (AvgIpc) is 3.05. The summed E-state index contributed by atoms with van der Waals surface area (Å²) in [6, 6.07) is 10.00. The van der Waals surface area contributed by atoms with Gasteiger partial charge in [-0.15, -0.1) is 11.3 Å². The molecule has 1 aromatic carbocycles. The minimum Gasteiger partial charge on any atom is -0.350 e. The molecule has 7 heteroatoms. The lowest BCUT2D eigenvalue weighted by Crippen LogP contribution is -2.44. The Morgan fingerprint density at radius 3 is 2.64 bits per heavy atom. The summed E-state index contributed by atoms with van der Waals surface area (Å²) in [5.41, 5.74) is 1.12. The summed E-state index contributed by atoms with van der Waals surface area (Å²) in [6.45, 7) is 6.09. The number of likely N-dealkylation sites (N-methyl/N-ethyl adjacent to an activating group) is 1. The van der Waals surface area contributed by atoms with Crippen LogP contribution >= 0.6 is 11.3 Å². The Hall–Kier alpha value is -2.41. The lowest BCUT2D eigenvalue weighted by Gasteiger charge is -2.22. The average molecular weight is 359 g/mol. The molecule has 0 saturated carbocycles. The van der Waals surface area contributed by atoms with Gasteiger partial charge < -0.3 is 15.5 Å². The van der Waals surface area contributed by atoms with Crippen molar-refractivity contribution in [1.82, 2.24) is 20.5 Å². The second-order valence-electron chi connectivity index (χ2n) is 5.54. The molecule has 1 amide bonds. The van der Waals surface area contributed by atoms with E-state index in [4.69, 9.17) is 0 Å². The topological polar surface area (TPSA) is 69.6 Å². The number of carbonyl (C=O) groups excluding carboxylic acids is 1. The van der Waals surface area contributed by atoms with Crippen LogP contribution in [0.25, 0.3) is 0 Å². The third kappa shape index (κ3) is 6.19. The molecule has 6 nitrogen and oxygen atoms in total. The summed E-state index contributed by atoms with van der Waals surface area (Å²) in [5.74, 6) is 0.636. The Morgan fingerprint density at radius 2 is 2.04 bits per heavy atom. The van der Waals surface area contributed by atoms with Gasteiger partial charge in [0.25, 0.3) is 0 Å². The quantitative estimate of drug-likeness (QED) is 0.587. The number of hydrogen-bond acceptors (Lipinski definition) is 4. The number of aliphatic imine (C=N–C) groups is 1. The Labute approximate surface area is 153 Å². The number of nitrogens with one attached hydrogen (secondary N) is 2. The van der Waals surface area contributed by atoms with Crippen molar-refractivity contribution in [3.63, 3.8) is 0 Å². The summed E-state index contributed by atoms with van der Waals surface area (Å²) >= 11 is 1.64. The summed E-state index contributed by atoms with van der Waals surface area (Å²) in [7, 11) is 1.69. The van der Waals surface area contributed by atoms with E-state index >= 15 is 0 Å². The molecule has 2 aromatic rings. The van der Waals surface area contributed by atoms with E-state index in [-0.39, 0.29) is 12.5 Å². The number of rotatable bonds is 7. The number of aromatic nitrogens is 1. The molecule has 1 aromatic heterocycles. The van der Waals surface area contributed by atoms with Crippen LogP contribution in [0.15, 0.2) is 41.5 Å². The molecule has 0 aliphatic carbocycles. The number of aryl methyl sites for hydroxylation is 1. The van der Waals surface area contributed by atoms with Crippen LogP contribution in [0, 0.1) is 6.92 Å². The fourth-order valence-electron chi connectivity index (χ4n) is 2.31. The Kier molecular flexibility index (Phi) is 7.40. The van der Waals surface area contributed by atoms with Crippen LogP contribution < -0.4 is 10.6 Å². The number of guanidine groups is 1. The minimum absolute atomic E-state index is 0.0411. The van der Waals surface area contributed by atoms with E-state index in [1.807, 2.05) is 55.3 Å². The molecule has 1 heterocycles. The molecule has 0 aliphatic rings. The first-order chi connectivity index (χ1) is 12.1. The van der Waals surface area contributed by atoms with Gasteiger partial charge in [-0.1, -0.05) is 30.3 Å². The second-order valence-corrected chi connectivity index (χ2v) is 6.86. The highest BCUT2D eigenvalue weighted by molar-refractivity contribution is 7.11. The molecule has 2 N–H and O–H groups in total. The SMILES string of the molecule is CCN(Cc1ccccc1)C(=O)CNC(=NC)NCc1ncc(C)s1. The maximum absolute atomic E-state index is 12.4. The van der Waals surface area contributed by atoms with Gasteiger partial charge in [-0.25, -0.2) is 4.98 Å². The predicted molar refractivity (Wildman–Crippen MR) is 103 cm³/mol. The number of benzene rings is 1. The van der Waals surface area contributed by atoms with E-state index in [0.29, 0.717) is 25.6 Å². The first-order valence-electron chi connectivity index (χ1n) is 8.30. The van der Waals surface area contributed by atoms with Crippen LogP contribution in [0.3, 0.4) is 0 Å². The summed E-state index contributed by atoms with van der Waals surface area (Å²) in [4.78, 5) is 23.9. The zero-order valence-corrected chi connectivity index (χ0v) is 15.8. The number of hydrogen-bond donors (Lipinski definition) is 2. The van der Waals surface area contributed by atoms with Gasteiger partial charge in [0.1, 0.15) is 5.01 Å². The van der Waals surface area contributed by atoms with Gasteiger partial charge in [-0.2, -0.15) is 0 Å². The van der Waals surface area contributed by atoms with Crippen LogP contribution in [0.4, 0.5) is 0 Å². The molecule has 0 saturated heterocycles.